The standard InChI is InChI=1S/C18H16IO2S2.BF4/c1-20-14-6-3-12(4-7-14)10-22-17-16-9-15(21-2)8-5-13(16)11-23-18(17)19;2-1(3,4)5/h3-9,11H,10H2,1-2H3;/q+1;-1. The summed E-state index contributed by atoms with van der Waals surface area (Å²) < 4.78 is 50.9. The van der Waals surface area contributed by atoms with E-state index >= 15 is 0 Å². The summed E-state index contributed by atoms with van der Waals surface area (Å²) in [7, 11) is -2.60. The van der Waals surface area contributed by atoms with Crippen LogP contribution in [0.5, 0.6) is 5.75 Å². The second kappa shape index (κ2) is 10.5. The first-order valence-electron chi connectivity index (χ1n) is 7.92. The van der Waals surface area contributed by atoms with Crippen molar-refractivity contribution < 1.29 is 22.0 Å². The van der Waals surface area contributed by atoms with Crippen LogP contribution < -0.4 is 10.2 Å². The Hall–Kier alpha value is -1.27. The lowest BCUT2D eigenvalue weighted by atomic mass is 10.1. The summed E-state index contributed by atoms with van der Waals surface area (Å²) in [5, 5.41) is 2.20. The van der Waals surface area contributed by atoms with Crippen molar-refractivity contribution in [3.8, 4) is 16.9 Å². The van der Waals surface area contributed by atoms with E-state index in [2.05, 4.69) is 52.2 Å². The number of halogens is 5. The van der Waals surface area contributed by atoms with Crippen LogP contribution in [0, 0.1) is 2.88 Å². The van der Waals surface area contributed by atoms with Gasteiger partial charge in [0.15, 0.2) is 0 Å². The van der Waals surface area contributed by atoms with Crippen molar-refractivity contribution in [1.29, 1.82) is 0 Å². The molecule has 0 amide bonds. The Balaban J connectivity index is 0.000000500. The average molecular weight is 542 g/mol. The number of rotatable bonds is 4. The highest BCUT2D eigenvalue weighted by molar-refractivity contribution is 14.1. The highest BCUT2D eigenvalue weighted by atomic mass is 127. The molecular weight excluding hydrogens is 526 g/mol. The summed E-state index contributed by atoms with van der Waals surface area (Å²) in [5.41, 5.74) is 4.70. The monoisotopic (exact) mass is 542 g/mol. The van der Waals surface area contributed by atoms with Crippen molar-refractivity contribution in [2.45, 2.75) is 10.6 Å². The van der Waals surface area contributed by atoms with Crippen LogP contribution in [-0.4, -0.2) is 21.5 Å². The first-order valence-corrected chi connectivity index (χ1v) is 10.9. The number of ether oxygens (including phenoxy) is 1. The number of fused-ring (bicyclic) bond motifs is 1. The maximum atomic E-state index is 9.75. The van der Waals surface area contributed by atoms with Crippen molar-refractivity contribution in [3.63, 3.8) is 0 Å². The fourth-order valence-electron chi connectivity index (χ4n) is 2.25. The molecule has 0 unspecified atom stereocenters. The lowest BCUT2D eigenvalue weighted by molar-refractivity contribution is 0.368. The molecule has 3 rings (SSSR count). The van der Waals surface area contributed by atoms with Gasteiger partial charge in [0.1, 0.15) is 5.75 Å². The molecule has 1 aliphatic carbocycles. The highest BCUT2D eigenvalue weighted by Gasteiger charge is 2.20. The quantitative estimate of drug-likeness (QED) is 0.122. The molecule has 0 N–H and O–H groups in total. The molecule has 1 heterocycles. The topological polar surface area (TPSA) is 20.5 Å². The first kappa shape index (κ1) is 23.0. The van der Waals surface area contributed by atoms with Gasteiger partial charge in [-0.05, 0) is 57.3 Å². The highest BCUT2D eigenvalue weighted by Crippen LogP contribution is 2.39. The van der Waals surface area contributed by atoms with Gasteiger partial charge in [-0.25, -0.2) is 0 Å². The zero-order valence-electron chi connectivity index (χ0n) is 14.9. The summed E-state index contributed by atoms with van der Waals surface area (Å²) >= 11 is 6.08. The van der Waals surface area contributed by atoms with Crippen LogP contribution in [0.2, 0.25) is 0 Å². The van der Waals surface area contributed by atoms with Crippen LogP contribution >= 0.6 is 45.7 Å². The Morgan fingerprint density at radius 1 is 1.11 bits per heavy atom. The molecule has 10 heteroatoms. The third kappa shape index (κ3) is 7.29. The lowest BCUT2D eigenvalue weighted by Crippen LogP contribution is -2.02. The van der Waals surface area contributed by atoms with Crippen molar-refractivity contribution in [1.82, 2.24) is 0 Å². The van der Waals surface area contributed by atoms with Gasteiger partial charge in [-0.3, -0.25) is 4.42 Å². The van der Waals surface area contributed by atoms with E-state index in [1.165, 1.54) is 24.5 Å². The van der Waals surface area contributed by atoms with E-state index in [1.54, 1.807) is 25.6 Å². The van der Waals surface area contributed by atoms with Crippen LogP contribution in [0.3, 0.4) is 0 Å². The van der Waals surface area contributed by atoms with Crippen LogP contribution in [0.25, 0.3) is 11.1 Å². The molecule has 0 saturated carbocycles. The van der Waals surface area contributed by atoms with E-state index in [0.717, 1.165) is 16.9 Å². The predicted octanol–water partition coefficient (Wildman–Crippen LogP) is 6.58. The fourth-order valence-corrected chi connectivity index (χ4v) is 5.31. The first-order chi connectivity index (χ1) is 13.2. The molecule has 0 atom stereocenters. The summed E-state index contributed by atoms with van der Waals surface area (Å²) in [4.78, 5) is 1.32. The molecule has 2 aliphatic rings. The lowest BCUT2D eigenvalue weighted by Gasteiger charge is -2.12. The van der Waals surface area contributed by atoms with E-state index in [9.17, 15) is 17.3 Å². The van der Waals surface area contributed by atoms with Gasteiger partial charge in [0.2, 0.25) is 0 Å². The fraction of sp³-hybridized carbons (Fsp3) is 0.167. The van der Waals surface area contributed by atoms with Gasteiger partial charge in [-0.15, -0.1) is 23.1 Å². The van der Waals surface area contributed by atoms with Gasteiger partial charge in [0, 0.05) is 22.3 Å². The summed E-state index contributed by atoms with van der Waals surface area (Å²) in [6, 6.07) is 14.5. The van der Waals surface area contributed by atoms with Crippen molar-refractivity contribution in [2.24, 2.45) is 0 Å². The van der Waals surface area contributed by atoms with E-state index in [0.29, 0.717) is 0 Å². The normalized spacial score (nSPS) is 11.9. The maximum absolute atomic E-state index is 9.75. The number of methoxy groups -OCH3 is 1. The van der Waals surface area contributed by atoms with Gasteiger partial charge in [0.05, 0.1) is 16.1 Å². The van der Waals surface area contributed by atoms with Crippen molar-refractivity contribution in [3.05, 3.63) is 66.1 Å². The molecule has 0 aromatic heterocycles. The molecule has 1 aliphatic heterocycles. The summed E-state index contributed by atoms with van der Waals surface area (Å²) in [5.74, 6) is 1.83. The summed E-state index contributed by atoms with van der Waals surface area (Å²) in [6.07, 6.45) is 0. The average Bonchev–Trinajstić information content (AvgIpc) is 2.66. The van der Waals surface area contributed by atoms with E-state index in [1.807, 2.05) is 30.0 Å². The minimum absolute atomic E-state index is 0.894. The second-order valence-electron chi connectivity index (χ2n) is 5.42. The zero-order chi connectivity index (χ0) is 20.7. The maximum Gasteiger partial charge on any atom is 0.673 e. The van der Waals surface area contributed by atoms with Gasteiger partial charge in [-0.1, -0.05) is 12.1 Å². The smallest absolute Gasteiger partial charge is 0.497 e. The molecule has 0 fully saturated rings. The Bertz CT molecular complexity index is 940. The van der Waals surface area contributed by atoms with Gasteiger partial charge >= 0.3 is 12.7 Å². The minimum Gasteiger partial charge on any atom is -0.497 e. The molecule has 0 radical (unpaired) electrons. The van der Waals surface area contributed by atoms with Crippen LogP contribution in [0.1, 0.15) is 5.56 Å². The Labute approximate surface area is 182 Å². The third-order valence-electron chi connectivity index (χ3n) is 3.52. The van der Waals surface area contributed by atoms with Gasteiger partial charge in [0.25, 0.3) is 7.11 Å². The van der Waals surface area contributed by atoms with Crippen molar-refractivity contribution in [2.75, 3.05) is 14.2 Å². The van der Waals surface area contributed by atoms with Crippen LogP contribution in [-0.2, 0) is 5.75 Å². The third-order valence-corrected chi connectivity index (χ3v) is 7.29. The molecule has 0 saturated heterocycles. The number of benzene rings is 2. The van der Waals surface area contributed by atoms with E-state index < -0.39 is 7.25 Å². The second-order valence-corrected chi connectivity index (χ2v) is 9.10. The van der Waals surface area contributed by atoms with Gasteiger partial charge < -0.3 is 22.0 Å². The summed E-state index contributed by atoms with van der Waals surface area (Å²) in [6.45, 7) is 0. The number of thioether (sulfide) groups is 1. The number of hydrogen-bond acceptors (Lipinski definition) is 3. The van der Waals surface area contributed by atoms with E-state index in [-0.39, 0.29) is 0 Å². The van der Waals surface area contributed by atoms with Gasteiger partial charge in [-0.2, -0.15) is 0 Å². The molecule has 0 bridgehead atoms. The Kier molecular flexibility index (Phi) is 8.63. The molecule has 1 aromatic rings. The molecule has 1 aromatic carbocycles. The Morgan fingerprint density at radius 2 is 1.75 bits per heavy atom. The predicted molar refractivity (Wildman–Crippen MR) is 119 cm³/mol. The van der Waals surface area contributed by atoms with Crippen LogP contribution in [0.4, 0.5) is 17.3 Å². The van der Waals surface area contributed by atoms with E-state index in [4.69, 9.17) is 9.16 Å². The molecule has 0 spiro atoms. The molecule has 2 nitrogen and oxygen atoms in total. The largest absolute Gasteiger partial charge is 0.673 e. The Morgan fingerprint density at radius 3 is 2.32 bits per heavy atom. The van der Waals surface area contributed by atoms with Crippen LogP contribution in [0.15, 0.2) is 57.2 Å². The minimum atomic E-state index is -6.00. The zero-order valence-corrected chi connectivity index (χ0v) is 18.7. The number of hydrogen-bond donors (Lipinski definition) is 0. The molecule has 150 valence electrons. The SMILES string of the molecule is COc1ccc(CSc2c3cc(=[O+]C)ccc-3csc2I)cc1.F[B-](F)(F)F. The molecular formula is C18H16BF4IO2S2. The van der Waals surface area contributed by atoms with Crippen molar-refractivity contribution >= 4 is 52.9 Å². The molecule has 28 heavy (non-hydrogen) atoms.